The van der Waals surface area contributed by atoms with Crippen LogP contribution in [0.25, 0.3) is 0 Å². The first-order valence-electron chi connectivity index (χ1n) is 10.1. The van der Waals surface area contributed by atoms with Crippen LogP contribution < -0.4 is 0 Å². The smallest absolute Gasteiger partial charge is 0.243 e. The molecule has 164 valence electrons. The second-order valence-corrected chi connectivity index (χ2v) is 11.5. The molecule has 2 saturated heterocycles. The summed E-state index contributed by atoms with van der Waals surface area (Å²) in [5.41, 5.74) is 0. The fraction of sp³-hybridized carbons (Fsp3) is 0.684. The minimum Gasteiger partial charge on any atom is -0.379 e. The van der Waals surface area contributed by atoms with Gasteiger partial charge in [-0.25, -0.2) is 16.8 Å². The number of nitrogens with zero attached hydrogens (tertiary/aromatic N) is 3. The predicted molar refractivity (Wildman–Crippen MR) is 111 cm³/mol. The normalized spacial score (nSPS) is 20.9. The quantitative estimate of drug-likeness (QED) is 0.627. The highest BCUT2D eigenvalue weighted by Gasteiger charge is 2.31. The van der Waals surface area contributed by atoms with E-state index in [9.17, 15) is 16.8 Å². The molecule has 2 heterocycles. The first-order valence-corrected chi connectivity index (χ1v) is 13.0. The van der Waals surface area contributed by atoms with Crippen molar-refractivity contribution in [2.24, 2.45) is 0 Å². The Morgan fingerprint density at radius 3 is 2.07 bits per heavy atom. The van der Waals surface area contributed by atoms with Crippen LogP contribution in [-0.4, -0.2) is 89.4 Å². The summed E-state index contributed by atoms with van der Waals surface area (Å²) >= 11 is 0. The molecule has 8 nitrogen and oxygen atoms in total. The first-order chi connectivity index (χ1) is 13.8. The van der Waals surface area contributed by atoms with Crippen LogP contribution in [0.3, 0.4) is 0 Å². The average molecular weight is 446 g/mol. The molecule has 0 spiro atoms. The van der Waals surface area contributed by atoms with Gasteiger partial charge in [-0.3, -0.25) is 0 Å². The van der Waals surface area contributed by atoms with Crippen LogP contribution in [0.15, 0.2) is 34.1 Å². The van der Waals surface area contributed by atoms with Gasteiger partial charge in [0.1, 0.15) is 0 Å². The maximum absolute atomic E-state index is 13.0. The van der Waals surface area contributed by atoms with Crippen molar-refractivity contribution >= 4 is 20.0 Å². The molecule has 2 aliphatic rings. The van der Waals surface area contributed by atoms with Gasteiger partial charge in [0, 0.05) is 26.2 Å². The number of hydrogen-bond acceptors (Lipinski definition) is 6. The molecular formula is C19H31N3O5S2. The zero-order valence-electron chi connectivity index (χ0n) is 17.2. The number of hydrogen-bond donors (Lipinski definition) is 0. The Labute approximate surface area is 174 Å². The van der Waals surface area contributed by atoms with Gasteiger partial charge in [0.2, 0.25) is 20.0 Å². The summed E-state index contributed by atoms with van der Waals surface area (Å²) in [6.45, 7) is 6.34. The minimum absolute atomic E-state index is 0.0372. The van der Waals surface area contributed by atoms with Crippen LogP contribution in [0.4, 0.5) is 0 Å². The second-order valence-electron chi connectivity index (χ2n) is 7.58. The van der Waals surface area contributed by atoms with Crippen molar-refractivity contribution in [2.45, 2.75) is 42.0 Å². The third-order valence-corrected chi connectivity index (χ3v) is 9.56. The number of ether oxygens (including phenoxy) is 1. The maximum atomic E-state index is 13.0. The van der Waals surface area contributed by atoms with Crippen LogP contribution in [-0.2, 0) is 24.8 Å². The molecule has 10 heteroatoms. The highest BCUT2D eigenvalue weighted by molar-refractivity contribution is 7.89. The molecule has 1 aromatic carbocycles. The molecule has 2 fully saturated rings. The molecule has 0 radical (unpaired) electrons. The number of likely N-dealkylation sites (tertiary alicyclic amines) is 1. The molecule has 3 rings (SSSR count). The van der Waals surface area contributed by atoms with E-state index < -0.39 is 20.0 Å². The summed E-state index contributed by atoms with van der Waals surface area (Å²) in [6, 6.07) is 5.52. The van der Waals surface area contributed by atoms with E-state index in [0.717, 1.165) is 38.9 Å². The number of benzene rings is 1. The van der Waals surface area contributed by atoms with E-state index in [0.29, 0.717) is 26.3 Å². The highest BCUT2D eigenvalue weighted by Crippen LogP contribution is 2.25. The number of morpholine rings is 1. The zero-order valence-corrected chi connectivity index (χ0v) is 18.8. The Balaban J connectivity index is 1.71. The molecule has 29 heavy (non-hydrogen) atoms. The zero-order chi connectivity index (χ0) is 21.1. The van der Waals surface area contributed by atoms with E-state index in [1.54, 1.807) is 7.05 Å². The van der Waals surface area contributed by atoms with Crippen molar-refractivity contribution in [1.29, 1.82) is 0 Å². The van der Waals surface area contributed by atoms with Crippen molar-refractivity contribution < 1.29 is 21.6 Å². The minimum atomic E-state index is -3.67. The Kier molecular flexibility index (Phi) is 7.34. The summed E-state index contributed by atoms with van der Waals surface area (Å²) in [6.07, 6.45) is 2.71. The molecule has 2 aliphatic heterocycles. The van der Waals surface area contributed by atoms with Crippen molar-refractivity contribution in [1.82, 2.24) is 13.5 Å². The van der Waals surface area contributed by atoms with Crippen LogP contribution >= 0.6 is 0 Å². The topological polar surface area (TPSA) is 87.2 Å². The lowest BCUT2D eigenvalue weighted by molar-refractivity contribution is 0.0730. The fourth-order valence-electron chi connectivity index (χ4n) is 3.90. The van der Waals surface area contributed by atoms with Crippen molar-refractivity contribution in [3.05, 3.63) is 24.3 Å². The lowest BCUT2D eigenvalue weighted by Crippen LogP contribution is -2.45. The summed E-state index contributed by atoms with van der Waals surface area (Å²) in [4.78, 5) is 2.59. The lowest BCUT2D eigenvalue weighted by atomic mass is 10.1. The number of rotatable bonds is 7. The molecule has 0 unspecified atom stereocenters. The molecule has 0 N–H and O–H groups in total. The maximum Gasteiger partial charge on any atom is 0.243 e. The van der Waals surface area contributed by atoms with Gasteiger partial charge in [0.15, 0.2) is 0 Å². The van der Waals surface area contributed by atoms with Crippen LogP contribution in [0.5, 0.6) is 0 Å². The number of piperidine rings is 1. The van der Waals surface area contributed by atoms with E-state index in [1.165, 1.54) is 32.9 Å². The summed E-state index contributed by atoms with van der Waals surface area (Å²) in [5, 5.41) is 0. The van der Waals surface area contributed by atoms with Crippen LogP contribution in [0.1, 0.15) is 26.2 Å². The molecule has 0 aliphatic carbocycles. The molecule has 0 saturated carbocycles. The van der Waals surface area contributed by atoms with Crippen molar-refractivity contribution in [2.75, 3.05) is 53.0 Å². The Morgan fingerprint density at radius 1 is 0.966 bits per heavy atom. The van der Waals surface area contributed by atoms with Crippen molar-refractivity contribution in [3.63, 3.8) is 0 Å². The van der Waals surface area contributed by atoms with Gasteiger partial charge >= 0.3 is 0 Å². The lowest BCUT2D eigenvalue weighted by Gasteiger charge is -2.36. The molecular weight excluding hydrogens is 414 g/mol. The highest BCUT2D eigenvalue weighted by atomic mass is 32.2. The SMILES string of the molecule is CCCN1CCC(N(C)S(=O)(=O)c2ccc(S(=O)(=O)N3CCOCC3)cc2)CC1. The van der Waals surface area contributed by atoms with Crippen molar-refractivity contribution in [3.8, 4) is 0 Å². The van der Waals surface area contributed by atoms with E-state index in [-0.39, 0.29) is 15.8 Å². The monoisotopic (exact) mass is 445 g/mol. The summed E-state index contributed by atoms with van der Waals surface area (Å²) in [5.74, 6) is 0. The van der Waals surface area contributed by atoms with Gasteiger partial charge in [0.25, 0.3) is 0 Å². The van der Waals surface area contributed by atoms with E-state index >= 15 is 0 Å². The van der Waals surface area contributed by atoms with E-state index in [2.05, 4.69) is 11.8 Å². The number of sulfonamides is 2. The third kappa shape index (κ3) is 5.00. The van der Waals surface area contributed by atoms with Crippen LogP contribution in [0, 0.1) is 0 Å². The Bertz CT molecular complexity index is 873. The van der Waals surface area contributed by atoms with E-state index in [1.807, 2.05) is 0 Å². The third-order valence-electron chi connectivity index (χ3n) is 5.72. The molecule has 1 aromatic rings. The van der Waals surface area contributed by atoms with Gasteiger partial charge in [-0.05, 0) is 63.2 Å². The van der Waals surface area contributed by atoms with Gasteiger partial charge in [-0.2, -0.15) is 8.61 Å². The average Bonchev–Trinajstić information content (AvgIpc) is 2.74. The first kappa shape index (κ1) is 22.6. The predicted octanol–water partition coefficient (Wildman–Crippen LogP) is 1.20. The molecule has 0 atom stereocenters. The fourth-order valence-corrected chi connectivity index (χ4v) is 6.73. The largest absolute Gasteiger partial charge is 0.379 e. The Morgan fingerprint density at radius 2 is 1.52 bits per heavy atom. The summed E-state index contributed by atoms with van der Waals surface area (Å²) in [7, 11) is -5.69. The molecule has 0 amide bonds. The van der Waals surface area contributed by atoms with Gasteiger partial charge in [0.05, 0.1) is 23.0 Å². The van der Waals surface area contributed by atoms with Gasteiger partial charge in [-0.1, -0.05) is 6.92 Å². The van der Waals surface area contributed by atoms with E-state index in [4.69, 9.17) is 4.74 Å². The molecule has 0 bridgehead atoms. The van der Waals surface area contributed by atoms with Gasteiger partial charge in [-0.15, -0.1) is 0 Å². The molecule has 0 aromatic heterocycles. The summed E-state index contributed by atoms with van der Waals surface area (Å²) < 4.78 is 59.5. The standard InChI is InChI=1S/C19H31N3O5S2/c1-3-10-21-11-8-17(9-12-21)20(2)28(23,24)18-4-6-19(7-5-18)29(25,26)22-13-15-27-16-14-22/h4-7,17H,3,8-16H2,1-2H3. The Hall–Kier alpha value is -1.04. The second kappa shape index (κ2) is 9.40. The van der Waals surface area contributed by atoms with Gasteiger partial charge < -0.3 is 9.64 Å². The van der Waals surface area contributed by atoms with Crippen LogP contribution in [0.2, 0.25) is 0 Å².